The molecule has 1 unspecified atom stereocenters. The summed E-state index contributed by atoms with van der Waals surface area (Å²) in [5, 5.41) is 18.0. The molecule has 4 nitrogen and oxygen atoms in total. The van der Waals surface area contributed by atoms with Gasteiger partial charge in [0.1, 0.15) is 0 Å². The summed E-state index contributed by atoms with van der Waals surface area (Å²) in [5.74, 6) is 0.441. The Bertz CT molecular complexity index is 356. The molecule has 1 aromatic heterocycles. The minimum Gasteiger partial charge on any atom is -0.392 e. The van der Waals surface area contributed by atoms with Gasteiger partial charge < -0.3 is 10.4 Å². The van der Waals surface area contributed by atoms with E-state index in [1.54, 1.807) is 0 Å². The molecule has 0 saturated carbocycles. The molecule has 17 heavy (non-hydrogen) atoms. The van der Waals surface area contributed by atoms with E-state index in [4.69, 9.17) is 0 Å². The summed E-state index contributed by atoms with van der Waals surface area (Å²) in [5.41, 5.74) is 2.20. The van der Waals surface area contributed by atoms with E-state index >= 15 is 0 Å². The van der Waals surface area contributed by atoms with Crippen LogP contribution in [0.15, 0.2) is 6.07 Å². The largest absolute Gasteiger partial charge is 0.392 e. The molecule has 0 radical (unpaired) electrons. The summed E-state index contributed by atoms with van der Waals surface area (Å²) >= 11 is 0. The number of piperidine rings is 1. The van der Waals surface area contributed by atoms with Gasteiger partial charge in [0.15, 0.2) is 0 Å². The highest BCUT2D eigenvalue weighted by Gasteiger charge is 2.22. The lowest BCUT2D eigenvalue weighted by Gasteiger charge is -2.27. The first kappa shape index (κ1) is 12.6. The maximum absolute atomic E-state index is 10.3. The third-order valence-corrected chi connectivity index (χ3v) is 3.63. The third kappa shape index (κ3) is 3.07. The van der Waals surface area contributed by atoms with Gasteiger partial charge in [-0.1, -0.05) is 0 Å². The number of rotatable bonds is 4. The van der Waals surface area contributed by atoms with Crippen LogP contribution in [0.2, 0.25) is 0 Å². The van der Waals surface area contributed by atoms with Gasteiger partial charge in [0.2, 0.25) is 0 Å². The van der Waals surface area contributed by atoms with Crippen LogP contribution in [0, 0.1) is 12.8 Å². The highest BCUT2D eigenvalue weighted by Crippen LogP contribution is 2.20. The van der Waals surface area contributed by atoms with Crippen LogP contribution in [-0.4, -0.2) is 34.1 Å². The van der Waals surface area contributed by atoms with Crippen molar-refractivity contribution in [3.05, 3.63) is 17.5 Å². The molecule has 0 aromatic carbocycles. The van der Waals surface area contributed by atoms with Gasteiger partial charge in [0.25, 0.3) is 0 Å². The van der Waals surface area contributed by atoms with Crippen molar-refractivity contribution in [3.63, 3.8) is 0 Å². The average molecular weight is 237 g/mol. The number of hydrogen-bond donors (Lipinski definition) is 2. The fourth-order valence-corrected chi connectivity index (χ4v) is 2.65. The molecule has 0 bridgehead atoms. The molecule has 2 rings (SSSR count). The number of aryl methyl sites for hydroxylation is 2. The summed E-state index contributed by atoms with van der Waals surface area (Å²) in [6.45, 7) is 7.04. The highest BCUT2D eigenvalue weighted by molar-refractivity contribution is 5.10. The van der Waals surface area contributed by atoms with Crippen molar-refractivity contribution in [3.8, 4) is 0 Å². The Balaban J connectivity index is 1.98. The molecule has 96 valence electrons. The monoisotopic (exact) mass is 237 g/mol. The Labute approximate surface area is 103 Å². The zero-order chi connectivity index (χ0) is 12.3. The van der Waals surface area contributed by atoms with E-state index in [1.165, 1.54) is 0 Å². The van der Waals surface area contributed by atoms with Crippen LogP contribution in [0.1, 0.15) is 31.2 Å². The summed E-state index contributed by atoms with van der Waals surface area (Å²) in [4.78, 5) is 0. The number of aromatic nitrogens is 2. The number of nitrogens with one attached hydrogen (secondary N) is 1. The standard InChI is InChI=1S/C13H23N3O/c1-3-16-12(8-10(2)15-16)9-13(17)11-4-6-14-7-5-11/h8,11,13-14,17H,3-7,9H2,1-2H3. The fourth-order valence-electron chi connectivity index (χ4n) is 2.65. The van der Waals surface area contributed by atoms with Gasteiger partial charge in [-0.05, 0) is 51.8 Å². The van der Waals surface area contributed by atoms with Gasteiger partial charge in [-0.3, -0.25) is 4.68 Å². The van der Waals surface area contributed by atoms with Crippen molar-refractivity contribution < 1.29 is 5.11 Å². The molecule has 1 aliphatic rings. The maximum Gasteiger partial charge on any atom is 0.0624 e. The van der Waals surface area contributed by atoms with E-state index in [2.05, 4.69) is 23.4 Å². The van der Waals surface area contributed by atoms with Crippen molar-refractivity contribution in [2.45, 2.75) is 45.8 Å². The summed E-state index contributed by atoms with van der Waals surface area (Å²) < 4.78 is 2.00. The molecule has 1 fully saturated rings. The van der Waals surface area contributed by atoms with Crippen LogP contribution in [-0.2, 0) is 13.0 Å². The molecule has 1 atom stereocenters. The Morgan fingerprint density at radius 3 is 2.88 bits per heavy atom. The number of nitrogens with zero attached hydrogens (tertiary/aromatic N) is 2. The predicted octanol–water partition coefficient (Wildman–Crippen LogP) is 1.11. The zero-order valence-electron chi connectivity index (χ0n) is 10.8. The predicted molar refractivity (Wildman–Crippen MR) is 67.9 cm³/mol. The van der Waals surface area contributed by atoms with Crippen LogP contribution in [0.4, 0.5) is 0 Å². The SMILES string of the molecule is CCn1nc(C)cc1CC(O)C1CCNCC1. The van der Waals surface area contributed by atoms with Crippen molar-refractivity contribution in [2.24, 2.45) is 5.92 Å². The Morgan fingerprint density at radius 1 is 1.53 bits per heavy atom. The van der Waals surface area contributed by atoms with E-state index in [0.717, 1.165) is 50.3 Å². The summed E-state index contributed by atoms with van der Waals surface area (Å²) in [6.07, 6.45) is 2.68. The lowest BCUT2D eigenvalue weighted by molar-refractivity contribution is 0.0872. The molecular formula is C13H23N3O. The van der Waals surface area contributed by atoms with Gasteiger partial charge in [0, 0.05) is 18.7 Å². The molecule has 1 aliphatic heterocycles. The van der Waals surface area contributed by atoms with Crippen molar-refractivity contribution in [1.29, 1.82) is 0 Å². The minimum absolute atomic E-state index is 0.224. The molecule has 0 aliphatic carbocycles. The van der Waals surface area contributed by atoms with E-state index < -0.39 is 0 Å². The Hall–Kier alpha value is -0.870. The molecule has 4 heteroatoms. The van der Waals surface area contributed by atoms with Crippen molar-refractivity contribution in [1.82, 2.24) is 15.1 Å². The Morgan fingerprint density at radius 2 is 2.24 bits per heavy atom. The van der Waals surface area contributed by atoms with E-state index in [1.807, 2.05) is 11.6 Å². The van der Waals surface area contributed by atoms with Crippen LogP contribution in [0.5, 0.6) is 0 Å². The van der Waals surface area contributed by atoms with Gasteiger partial charge in [-0.2, -0.15) is 5.10 Å². The number of aliphatic hydroxyl groups is 1. The minimum atomic E-state index is -0.224. The van der Waals surface area contributed by atoms with Gasteiger partial charge in [0.05, 0.1) is 11.8 Å². The lowest BCUT2D eigenvalue weighted by atomic mass is 9.90. The second-order valence-corrected chi connectivity index (χ2v) is 4.95. The van der Waals surface area contributed by atoms with E-state index in [-0.39, 0.29) is 6.10 Å². The van der Waals surface area contributed by atoms with E-state index in [9.17, 15) is 5.11 Å². The smallest absolute Gasteiger partial charge is 0.0624 e. The highest BCUT2D eigenvalue weighted by atomic mass is 16.3. The average Bonchev–Trinajstić information content (AvgIpc) is 2.70. The maximum atomic E-state index is 10.3. The first-order valence-corrected chi connectivity index (χ1v) is 6.62. The Kier molecular flexibility index (Phi) is 4.18. The second-order valence-electron chi connectivity index (χ2n) is 4.95. The molecule has 2 N–H and O–H groups in total. The lowest BCUT2D eigenvalue weighted by Crippen LogP contribution is -2.35. The topological polar surface area (TPSA) is 50.1 Å². The molecule has 1 saturated heterocycles. The first-order valence-electron chi connectivity index (χ1n) is 6.62. The first-order chi connectivity index (χ1) is 8.20. The van der Waals surface area contributed by atoms with E-state index in [0.29, 0.717) is 5.92 Å². The quantitative estimate of drug-likeness (QED) is 0.825. The molecule has 2 heterocycles. The van der Waals surface area contributed by atoms with Crippen LogP contribution >= 0.6 is 0 Å². The molecule has 0 amide bonds. The molecular weight excluding hydrogens is 214 g/mol. The fraction of sp³-hybridized carbons (Fsp3) is 0.769. The van der Waals surface area contributed by atoms with Gasteiger partial charge in [-0.15, -0.1) is 0 Å². The number of hydrogen-bond acceptors (Lipinski definition) is 3. The van der Waals surface area contributed by atoms with Crippen molar-refractivity contribution >= 4 is 0 Å². The van der Waals surface area contributed by atoms with Gasteiger partial charge in [-0.25, -0.2) is 0 Å². The molecule has 0 spiro atoms. The van der Waals surface area contributed by atoms with Crippen LogP contribution in [0.3, 0.4) is 0 Å². The van der Waals surface area contributed by atoms with Crippen molar-refractivity contribution in [2.75, 3.05) is 13.1 Å². The zero-order valence-corrected chi connectivity index (χ0v) is 10.8. The normalized spacial score (nSPS) is 19.5. The summed E-state index contributed by atoms with van der Waals surface area (Å²) in [7, 11) is 0. The third-order valence-electron chi connectivity index (χ3n) is 3.63. The summed E-state index contributed by atoms with van der Waals surface area (Å²) in [6, 6.07) is 2.09. The number of aliphatic hydroxyl groups excluding tert-OH is 1. The van der Waals surface area contributed by atoms with Crippen LogP contribution in [0.25, 0.3) is 0 Å². The second kappa shape index (κ2) is 5.65. The van der Waals surface area contributed by atoms with Gasteiger partial charge >= 0.3 is 0 Å². The van der Waals surface area contributed by atoms with Crippen LogP contribution < -0.4 is 5.32 Å². The molecule has 1 aromatic rings.